The van der Waals surface area contributed by atoms with Crippen molar-refractivity contribution in [1.82, 2.24) is 0 Å². The highest BCUT2D eigenvalue weighted by Gasteiger charge is 2.33. The minimum Gasteiger partial charge on any atom is -0.118 e. The van der Waals surface area contributed by atoms with Crippen molar-refractivity contribution in [2.24, 2.45) is 11.8 Å². The maximum atomic E-state index is 6.62. The Bertz CT molecular complexity index is 379. The summed E-state index contributed by atoms with van der Waals surface area (Å²) >= 11 is 6.62. The first-order valence-corrected chi connectivity index (χ1v) is 7.36. The molecule has 17 heavy (non-hydrogen) atoms. The average Bonchev–Trinajstić information content (AvgIpc) is 3.20. The van der Waals surface area contributed by atoms with Gasteiger partial charge in [-0.2, -0.15) is 0 Å². The molecule has 0 nitrogen and oxygen atoms in total. The second-order valence-corrected chi connectivity index (χ2v) is 5.80. The fourth-order valence-electron chi connectivity index (χ4n) is 2.66. The molecule has 2 unspecified atom stereocenters. The van der Waals surface area contributed by atoms with Crippen molar-refractivity contribution in [3.8, 4) is 0 Å². The quantitative estimate of drug-likeness (QED) is 0.635. The molecule has 2 atom stereocenters. The number of aryl methyl sites for hydroxylation is 2. The molecular weight excluding hydrogens is 228 g/mol. The first-order valence-electron chi connectivity index (χ1n) is 6.93. The maximum Gasteiger partial charge on any atom is 0.0613 e. The monoisotopic (exact) mass is 250 g/mol. The summed E-state index contributed by atoms with van der Waals surface area (Å²) in [4.78, 5) is 0. The molecule has 0 spiro atoms. The predicted molar refractivity (Wildman–Crippen MR) is 75.7 cm³/mol. The third-order valence-electron chi connectivity index (χ3n) is 4.14. The smallest absolute Gasteiger partial charge is 0.0613 e. The van der Waals surface area contributed by atoms with Crippen LogP contribution in [0.25, 0.3) is 0 Å². The lowest BCUT2D eigenvalue weighted by molar-refractivity contribution is 0.491. The Balaban J connectivity index is 2.19. The molecule has 0 heterocycles. The summed E-state index contributed by atoms with van der Waals surface area (Å²) in [5.41, 5.74) is 4.26. The Kier molecular flexibility index (Phi) is 4.14. The van der Waals surface area contributed by atoms with Crippen LogP contribution in [-0.4, -0.2) is 0 Å². The van der Waals surface area contributed by atoms with Crippen molar-refractivity contribution in [2.75, 3.05) is 0 Å². The van der Waals surface area contributed by atoms with E-state index in [9.17, 15) is 0 Å². The zero-order valence-electron chi connectivity index (χ0n) is 11.2. The number of rotatable bonds is 5. The summed E-state index contributed by atoms with van der Waals surface area (Å²) in [6.07, 6.45) is 4.98. The van der Waals surface area contributed by atoms with Gasteiger partial charge < -0.3 is 0 Å². The highest BCUT2D eigenvalue weighted by Crippen LogP contribution is 2.45. The zero-order valence-corrected chi connectivity index (χ0v) is 11.9. The number of benzene rings is 1. The fourth-order valence-corrected chi connectivity index (χ4v) is 3.00. The molecule has 1 aromatic rings. The Morgan fingerprint density at radius 1 is 1.18 bits per heavy atom. The van der Waals surface area contributed by atoms with Crippen LogP contribution in [0.3, 0.4) is 0 Å². The molecular formula is C16H23Cl. The number of hydrogen-bond donors (Lipinski definition) is 0. The summed E-state index contributed by atoms with van der Waals surface area (Å²) in [5, 5.41) is 0.193. The van der Waals surface area contributed by atoms with Gasteiger partial charge in [0.2, 0.25) is 0 Å². The van der Waals surface area contributed by atoms with Crippen LogP contribution >= 0.6 is 11.6 Å². The van der Waals surface area contributed by atoms with Crippen molar-refractivity contribution in [3.63, 3.8) is 0 Å². The van der Waals surface area contributed by atoms with Crippen LogP contribution < -0.4 is 0 Å². The Hall–Kier alpha value is -0.490. The molecule has 0 bridgehead atoms. The van der Waals surface area contributed by atoms with Gasteiger partial charge in [-0.05, 0) is 54.2 Å². The van der Waals surface area contributed by atoms with E-state index in [2.05, 4.69) is 39.0 Å². The van der Waals surface area contributed by atoms with Gasteiger partial charge in [-0.25, -0.2) is 0 Å². The van der Waals surface area contributed by atoms with Gasteiger partial charge in [0.05, 0.1) is 5.38 Å². The van der Waals surface area contributed by atoms with Gasteiger partial charge in [-0.3, -0.25) is 0 Å². The molecule has 1 aliphatic carbocycles. The lowest BCUT2D eigenvalue weighted by Crippen LogP contribution is -2.07. The molecule has 0 N–H and O–H groups in total. The molecule has 2 rings (SSSR count). The lowest BCUT2D eigenvalue weighted by Gasteiger charge is -2.19. The second kappa shape index (κ2) is 5.44. The normalized spacial score (nSPS) is 19.1. The molecule has 1 heteroatoms. The molecule has 0 aromatic heterocycles. The number of alkyl halides is 1. The molecule has 1 aromatic carbocycles. The van der Waals surface area contributed by atoms with Crippen molar-refractivity contribution in [3.05, 3.63) is 34.9 Å². The van der Waals surface area contributed by atoms with E-state index in [1.54, 1.807) is 0 Å². The van der Waals surface area contributed by atoms with Gasteiger partial charge in [0.1, 0.15) is 0 Å². The van der Waals surface area contributed by atoms with E-state index in [4.69, 9.17) is 11.6 Å². The van der Waals surface area contributed by atoms with E-state index < -0.39 is 0 Å². The van der Waals surface area contributed by atoms with E-state index in [0.29, 0.717) is 5.92 Å². The van der Waals surface area contributed by atoms with Gasteiger partial charge in [0.15, 0.2) is 0 Å². The van der Waals surface area contributed by atoms with Crippen molar-refractivity contribution in [1.29, 1.82) is 0 Å². The Labute approximate surface area is 110 Å². The van der Waals surface area contributed by atoms with Crippen molar-refractivity contribution >= 4 is 11.6 Å². The number of halogens is 1. The van der Waals surface area contributed by atoms with Gasteiger partial charge in [-0.1, -0.05) is 39.0 Å². The zero-order chi connectivity index (χ0) is 12.4. The van der Waals surface area contributed by atoms with Gasteiger partial charge in [0.25, 0.3) is 0 Å². The van der Waals surface area contributed by atoms with Gasteiger partial charge >= 0.3 is 0 Å². The first kappa shape index (κ1) is 13.0. The van der Waals surface area contributed by atoms with Crippen LogP contribution in [0.1, 0.15) is 55.7 Å². The average molecular weight is 251 g/mol. The molecule has 1 aliphatic rings. The fraction of sp³-hybridized carbons (Fsp3) is 0.625. The molecule has 0 radical (unpaired) electrons. The van der Waals surface area contributed by atoms with E-state index >= 15 is 0 Å². The Morgan fingerprint density at radius 3 is 2.35 bits per heavy atom. The van der Waals surface area contributed by atoms with Crippen LogP contribution in [0.4, 0.5) is 0 Å². The Morgan fingerprint density at radius 2 is 1.82 bits per heavy atom. The number of hydrogen-bond acceptors (Lipinski definition) is 0. The highest BCUT2D eigenvalue weighted by atomic mass is 35.5. The molecule has 0 saturated heterocycles. The summed E-state index contributed by atoms with van der Waals surface area (Å²) in [5.74, 6) is 1.49. The first-order chi connectivity index (χ1) is 8.17. The standard InChI is InChI=1S/C16H23Cl/c1-4-12-6-9-15(10-13(12)5-2)16(17)11(3)14-7-8-14/h6,9-11,14,16H,4-5,7-8H2,1-3H3. The van der Waals surface area contributed by atoms with E-state index in [0.717, 1.165) is 18.8 Å². The molecule has 1 saturated carbocycles. The second-order valence-electron chi connectivity index (χ2n) is 5.33. The van der Waals surface area contributed by atoms with Crippen LogP contribution in [-0.2, 0) is 12.8 Å². The third-order valence-corrected chi connectivity index (χ3v) is 4.79. The van der Waals surface area contributed by atoms with E-state index in [-0.39, 0.29) is 5.38 Å². The summed E-state index contributed by atoms with van der Waals surface area (Å²) in [6.45, 7) is 6.75. The predicted octanol–water partition coefficient (Wildman–Crippen LogP) is 5.14. The van der Waals surface area contributed by atoms with Crippen molar-refractivity contribution in [2.45, 2.75) is 51.8 Å². The maximum absolute atomic E-state index is 6.62. The summed E-state index contributed by atoms with van der Waals surface area (Å²) < 4.78 is 0. The lowest BCUT2D eigenvalue weighted by atomic mass is 9.92. The van der Waals surface area contributed by atoms with E-state index in [1.807, 2.05) is 0 Å². The van der Waals surface area contributed by atoms with Crippen LogP contribution in [0.2, 0.25) is 0 Å². The van der Waals surface area contributed by atoms with Gasteiger partial charge in [-0.15, -0.1) is 11.6 Å². The molecule has 1 fully saturated rings. The SMILES string of the molecule is CCc1ccc(C(Cl)C(C)C2CC2)cc1CC. The summed E-state index contributed by atoms with van der Waals surface area (Å²) in [7, 11) is 0. The summed E-state index contributed by atoms with van der Waals surface area (Å²) in [6, 6.07) is 6.83. The van der Waals surface area contributed by atoms with Gasteiger partial charge in [0, 0.05) is 0 Å². The molecule has 0 amide bonds. The third kappa shape index (κ3) is 2.85. The van der Waals surface area contributed by atoms with Crippen molar-refractivity contribution < 1.29 is 0 Å². The minimum absolute atomic E-state index is 0.193. The molecule has 0 aliphatic heterocycles. The van der Waals surface area contributed by atoms with Crippen LogP contribution in [0.5, 0.6) is 0 Å². The minimum atomic E-state index is 0.193. The highest BCUT2D eigenvalue weighted by molar-refractivity contribution is 6.21. The van der Waals surface area contributed by atoms with Crippen LogP contribution in [0.15, 0.2) is 18.2 Å². The largest absolute Gasteiger partial charge is 0.118 e. The topological polar surface area (TPSA) is 0 Å². The molecule has 94 valence electrons. The van der Waals surface area contributed by atoms with E-state index in [1.165, 1.54) is 29.5 Å². The van der Waals surface area contributed by atoms with Crippen LogP contribution in [0, 0.1) is 11.8 Å².